The predicted molar refractivity (Wildman–Crippen MR) is 171 cm³/mol. The summed E-state index contributed by atoms with van der Waals surface area (Å²) >= 11 is 0. The Morgan fingerprint density at radius 2 is 1.62 bits per heavy atom. The first kappa shape index (κ1) is 33.6. The van der Waals surface area contributed by atoms with Gasteiger partial charge in [-0.2, -0.15) is 16.8 Å². The van der Waals surface area contributed by atoms with Gasteiger partial charge in [-0.05, 0) is 72.5 Å². The fourth-order valence-corrected chi connectivity index (χ4v) is 6.69. The van der Waals surface area contributed by atoms with Gasteiger partial charge in [0, 0.05) is 36.5 Å². The van der Waals surface area contributed by atoms with Crippen molar-refractivity contribution in [2.24, 2.45) is 0 Å². The zero-order valence-electron chi connectivity index (χ0n) is 24.6. The van der Waals surface area contributed by atoms with Crippen LogP contribution in [0.1, 0.15) is 41.8 Å². The molecule has 13 heteroatoms. The molecule has 0 saturated heterocycles. The van der Waals surface area contributed by atoms with E-state index in [4.69, 9.17) is 0 Å². The highest BCUT2D eigenvalue weighted by molar-refractivity contribution is 7.86. The van der Waals surface area contributed by atoms with Crippen LogP contribution in [0.3, 0.4) is 0 Å². The van der Waals surface area contributed by atoms with Crippen LogP contribution in [0.15, 0.2) is 102 Å². The van der Waals surface area contributed by atoms with Gasteiger partial charge in [0.2, 0.25) is 5.91 Å². The Hall–Kier alpha value is -4.30. The van der Waals surface area contributed by atoms with E-state index in [1.165, 1.54) is 36.1 Å². The van der Waals surface area contributed by atoms with Crippen molar-refractivity contribution < 1.29 is 40.6 Å². The minimum atomic E-state index is -4.56. The number of carboxylic acid groups (broad SMARTS) is 1. The van der Waals surface area contributed by atoms with Crippen LogP contribution in [0.25, 0.3) is 0 Å². The normalized spacial score (nSPS) is 18.4. The molecular formula is C32H34N2O9S2. The number of allylic oxidation sites excluding steroid dienone is 2. The van der Waals surface area contributed by atoms with Gasteiger partial charge in [0.1, 0.15) is 0 Å². The summed E-state index contributed by atoms with van der Waals surface area (Å²) in [6.07, 6.45) is 7.25. The maximum atomic E-state index is 12.3. The number of para-hydroxylation sites is 1. The van der Waals surface area contributed by atoms with E-state index in [2.05, 4.69) is 0 Å². The Morgan fingerprint density at radius 3 is 2.20 bits per heavy atom. The molecule has 0 aliphatic carbocycles. The molecule has 0 aromatic heterocycles. The molecule has 1 amide bonds. The summed E-state index contributed by atoms with van der Waals surface area (Å²) in [7, 11) is -8.81. The maximum absolute atomic E-state index is 12.3. The molecule has 238 valence electrons. The molecule has 3 aromatic rings. The van der Waals surface area contributed by atoms with Crippen molar-refractivity contribution >= 4 is 43.5 Å². The highest BCUT2D eigenvalue weighted by Gasteiger charge is 2.46. The minimum Gasteiger partial charge on any atom is -0.478 e. The van der Waals surface area contributed by atoms with Gasteiger partial charge in [0.25, 0.3) is 20.2 Å². The molecular weight excluding hydrogens is 620 g/mol. The summed E-state index contributed by atoms with van der Waals surface area (Å²) < 4.78 is 66.5. The first-order valence-corrected chi connectivity index (χ1v) is 17.0. The number of fused-ring (bicyclic) bond motifs is 1. The van der Waals surface area contributed by atoms with E-state index in [0.29, 0.717) is 23.4 Å². The van der Waals surface area contributed by atoms with Crippen LogP contribution in [-0.2, 0) is 36.9 Å². The Morgan fingerprint density at radius 1 is 0.956 bits per heavy atom. The first-order chi connectivity index (χ1) is 21.1. The van der Waals surface area contributed by atoms with Crippen LogP contribution in [0.4, 0.5) is 11.4 Å². The predicted octanol–water partition coefficient (Wildman–Crippen LogP) is 4.72. The zero-order chi connectivity index (χ0) is 33.0. The number of carbonyl (C=O) groups excluding carboxylic acids is 1. The fourth-order valence-electron chi connectivity index (χ4n) is 5.69. The van der Waals surface area contributed by atoms with E-state index in [9.17, 15) is 40.6 Å². The molecule has 3 N–H and O–H groups in total. The van der Waals surface area contributed by atoms with Crippen molar-refractivity contribution in [3.05, 3.63) is 114 Å². The Labute approximate surface area is 262 Å². The molecule has 0 fully saturated rings. The molecule has 0 saturated carbocycles. The number of aromatic carboxylic acids is 1. The lowest BCUT2D eigenvalue weighted by atomic mass is 9.73. The van der Waals surface area contributed by atoms with Crippen molar-refractivity contribution in [3.63, 3.8) is 0 Å². The average Bonchev–Trinajstić information content (AvgIpc) is 3.18. The first-order valence-electron chi connectivity index (χ1n) is 14.0. The number of carboxylic acids is 1. The second-order valence-corrected chi connectivity index (χ2v) is 14.0. The molecule has 2 unspecified atom stereocenters. The topological polar surface area (TPSA) is 170 Å². The number of nitrogens with zero attached hydrogens (tertiary/aromatic N) is 2. The number of carbonyl (C=O) groups is 2. The third-order valence-electron chi connectivity index (χ3n) is 7.77. The lowest BCUT2D eigenvalue weighted by Gasteiger charge is -2.35. The lowest BCUT2D eigenvalue weighted by Crippen LogP contribution is -2.44. The fraction of sp³-hybridized carbons (Fsp3) is 0.250. The molecule has 1 aliphatic heterocycles. The van der Waals surface area contributed by atoms with E-state index in [1.807, 2.05) is 36.1 Å². The van der Waals surface area contributed by atoms with E-state index in [0.717, 1.165) is 5.56 Å². The second-order valence-electron chi connectivity index (χ2n) is 11.0. The third-order valence-corrected chi connectivity index (χ3v) is 9.42. The summed E-state index contributed by atoms with van der Waals surface area (Å²) in [4.78, 5) is 26.8. The number of amides is 1. The minimum absolute atomic E-state index is 0.0635. The molecule has 2 atom stereocenters. The van der Waals surface area contributed by atoms with Crippen molar-refractivity contribution in [2.45, 2.75) is 43.0 Å². The van der Waals surface area contributed by atoms with E-state index >= 15 is 0 Å². The van der Waals surface area contributed by atoms with Gasteiger partial charge in [-0.1, -0.05) is 49.4 Å². The van der Waals surface area contributed by atoms with Gasteiger partial charge in [-0.25, -0.2) is 4.79 Å². The van der Waals surface area contributed by atoms with Crippen molar-refractivity contribution in [1.82, 2.24) is 0 Å². The molecule has 0 spiro atoms. The summed E-state index contributed by atoms with van der Waals surface area (Å²) in [6, 6.07) is 19.0. The van der Waals surface area contributed by atoms with Crippen LogP contribution in [0, 0.1) is 0 Å². The van der Waals surface area contributed by atoms with E-state index in [-0.39, 0.29) is 29.3 Å². The van der Waals surface area contributed by atoms with Gasteiger partial charge < -0.3 is 10.0 Å². The van der Waals surface area contributed by atoms with E-state index in [1.54, 1.807) is 48.7 Å². The van der Waals surface area contributed by atoms with Crippen LogP contribution in [-0.4, -0.2) is 61.3 Å². The molecule has 1 aliphatic rings. The summed E-state index contributed by atoms with van der Waals surface area (Å²) in [5.74, 6) is -1.78. The lowest BCUT2D eigenvalue weighted by molar-refractivity contribution is -0.116. The quantitative estimate of drug-likeness (QED) is 0.183. The molecule has 1 heterocycles. The number of anilines is 2. The maximum Gasteiger partial charge on any atom is 0.335 e. The molecule has 11 nitrogen and oxygen atoms in total. The second kappa shape index (κ2) is 13.4. The number of benzene rings is 3. The standard InChI is InChI=1S/C32H34N2O9S2/c1-23(35)33(26-9-4-3-5-10-26)18-7-6-11-30-32(2,22-24-12-14-25(15-13-24)31(36)37)28-21-27(45(41,42)43)16-17-29(28)34(30)19-8-20-44(38,39)40/h3-7,9-18,21,30H,8,19-20,22H2,1-2H3,(H,36,37)(H,38,39,40)(H,41,42,43)/b11-6+,18-7+. The Kier molecular flexibility index (Phi) is 9.98. The van der Waals surface area contributed by atoms with Gasteiger partial charge in [-0.15, -0.1) is 0 Å². The summed E-state index contributed by atoms with van der Waals surface area (Å²) in [6.45, 7) is 3.51. The number of rotatable bonds is 12. The molecule has 3 aromatic carbocycles. The Bertz CT molecular complexity index is 1840. The van der Waals surface area contributed by atoms with Crippen LogP contribution >= 0.6 is 0 Å². The van der Waals surface area contributed by atoms with Gasteiger partial charge in [-0.3, -0.25) is 18.8 Å². The zero-order valence-corrected chi connectivity index (χ0v) is 26.3. The Balaban J connectivity index is 1.80. The van der Waals surface area contributed by atoms with Crippen LogP contribution < -0.4 is 9.80 Å². The number of hydrogen-bond acceptors (Lipinski definition) is 7. The van der Waals surface area contributed by atoms with Gasteiger partial charge >= 0.3 is 5.97 Å². The SMILES string of the molecule is CC(=O)N(/C=C/C=C/C1N(CCCS(=O)(=O)O)c2ccc(S(=O)(=O)O)cc2C1(C)Cc1ccc(C(=O)O)cc1)c1ccccc1. The number of hydrogen-bond donors (Lipinski definition) is 3. The largest absolute Gasteiger partial charge is 0.478 e. The average molecular weight is 655 g/mol. The van der Waals surface area contributed by atoms with Gasteiger partial charge in [0.05, 0.1) is 22.3 Å². The van der Waals surface area contributed by atoms with Gasteiger partial charge in [0.15, 0.2) is 0 Å². The van der Waals surface area contributed by atoms with Crippen LogP contribution in [0.2, 0.25) is 0 Å². The molecule has 0 bridgehead atoms. The van der Waals surface area contributed by atoms with Crippen molar-refractivity contribution in [1.29, 1.82) is 0 Å². The van der Waals surface area contributed by atoms with Crippen LogP contribution in [0.5, 0.6) is 0 Å². The highest BCUT2D eigenvalue weighted by atomic mass is 32.2. The summed E-state index contributed by atoms with van der Waals surface area (Å²) in [5.41, 5.74) is 1.83. The third kappa shape index (κ3) is 8.05. The van der Waals surface area contributed by atoms with Crippen molar-refractivity contribution in [2.75, 3.05) is 22.1 Å². The smallest absolute Gasteiger partial charge is 0.335 e. The van der Waals surface area contributed by atoms with E-state index < -0.39 is 43.4 Å². The highest BCUT2D eigenvalue weighted by Crippen LogP contribution is 2.48. The molecule has 45 heavy (non-hydrogen) atoms. The molecule has 4 rings (SSSR count). The monoisotopic (exact) mass is 654 g/mol. The molecule has 0 radical (unpaired) electrons. The summed E-state index contributed by atoms with van der Waals surface area (Å²) in [5, 5.41) is 9.34. The van der Waals surface area contributed by atoms with Crippen molar-refractivity contribution in [3.8, 4) is 0 Å².